The van der Waals surface area contributed by atoms with E-state index in [-0.39, 0.29) is 17.2 Å². The number of methoxy groups -OCH3 is 1. The second kappa shape index (κ2) is 8.96. The van der Waals surface area contributed by atoms with Crippen molar-refractivity contribution in [3.63, 3.8) is 0 Å². The molecule has 2 aliphatic rings. The van der Waals surface area contributed by atoms with Gasteiger partial charge in [-0.3, -0.25) is 4.79 Å². The molecule has 0 bridgehead atoms. The summed E-state index contributed by atoms with van der Waals surface area (Å²) in [6, 6.07) is 13.9. The van der Waals surface area contributed by atoms with Gasteiger partial charge in [-0.05, 0) is 70.0 Å². The van der Waals surface area contributed by atoms with Gasteiger partial charge < -0.3 is 9.47 Å². The summed E-state index contributed by atoms with van der Waals surface area (Å²) in [5, 5.41) is 4.21. The number of hydrogen-bond acceptors (Lipinski definition) is 4. The average Bonchev–Trinajstić information content (AvgIpc) is 3.38. The number of hydrogen-bond donors (Lipinski definition) is 1. The maximum Gasteiger partial charge on any atom is 0.244 e. The van der Waals surface area contributed by atoms with Gasteiger partial charge in [0, 0.05) is 5.92 Å². The lowest BCUT2D eigenvalue weighted by Gasteiger charge is -2.15. The Bertz CT molecular complexity index is 947. The fourth-order valence-corrected chi connectivity index (χ4v) is 5.56. The Hall–Kier alpha value is -2.09. The molecule has 5 nitrogen and oxygen atoms in total. The Morgan fingerprint density at radius 2 is 2.10 bits per heavy atom. The van der Waals surface area contributed by atoms with Crippen LogP contribution in [-0.2, 0) is 11.4 Å². The van der Waals surface area contributed by atoms with E-state index in [2.05, 4.69) is 40.0 Å². The van der Waals surface area contributed by atoms with Gasteiger partial charge >= 0.3 is 0 Å². The number of ether oxygens (including phenoxy) is 2. The molecule has 2 fully saturated rings. The van der Waals surface area contributed by atoms with Crippen LogP contribution in [0.2, 0.25) is 0 Å². The fraction of sp³-hybridized carbons (Fsp3) is 0.417. The summed E-state index contributed by atoms with van der Waals surface area (Å²) in [5.74, 6) is 2.04. The van der Waals surface area contributed by atoms with Crippen LogP contribution in [-0.4, -0.2) is 19.2 Å². The minimum atomic E-state index is 0.0464. The van der Waals surface area contributed by atoms with E-state index in [0.717, 1.165) is 27.5 Å². The van der Waals surface area contributed by atoms with Crippen LogP contribution in [0.5, 0.6) is 11.5 Å². The maximum absolute atomic E-state index is 12.6. The first kappa shape index (κ1) is 21.2. The first-order valence-corrected chi connectivity index (χ1v) is 11.5. The molecule has 4 rings (SSSR count). The zero-order valence-electron chi connectivity index (χ0n) is 17.4. The first-order chi connectivity index (χ1) is 14.5. The second-order valence-electron chi connectivity index (χ2n) is 8.38. The number of carbonyl (C=O) groups is 1. The molecular weight excluding hydrogens is 491 g/mol. The lowest BCUT2D eigenvalue weighted by molar-refractivity contribution is -0.123. The van der Waals surface area contributed by atoms with Crippen molar-refractivity contribution in [3.8, 4) is 11.5 Å². The third-order valence-corrected chi connectivity index (χ3v) is 7.28. The van der Waals surface area contributed by atoms with Crippen LogP contribution < -0.4 is 14.9 Å². The molecule has 0 saturated heterocycles. The minimum Gasteiger partial charge on any atom is -0.493 e. The summed E-state index contributed by atoms with van der Waals surface area (Å²) in [4.78, 5) is 12.6. The number of fused-ring (bicyclic) bond motifs is 1. The number of amides is 1. The normalized spacial score (nSPS) is 24.9. The summed E-state index contributed by atoms with van der Waals surface area (Å²) in [6.07, 6.45) is 6.45. The molecule has 1 amide bonds. The average molecular weight is 518 g/mol. The largest absolute Gasteiger partial charge is 0.493 e. The highest BCUT2D eigenvalue weighted by Gasteiger charge is 2.64. The first-order valence-electron chi connectivity index (χ1n) is 10.4. The molecule has 0 radical (unpaired) electrons. The highest BCUT2D eigenvalue weighted by molar-refractivity contribution is 14.1. The van der Waals surface area contributed by atoms with Crippen LogP contribution in [0.15, 0.2) is 47.6 Å². The van der Waals surface area contributed by atoms with Crippen LogP contribution in [0.25, 0.3) is 0 Å². The topological polar surface area (TPSA) is 59.9 Å². The minimum absolute atomic E-state index is 0.0464. The molecule has 2 aliphatic carbocycles. The third-order valence-electron chi connectivity index (χ3n) is 6.48. The summed E-state index contributed by atoms with van der Waals surface area (Å²) < 4.78 is 12.5. The fourth-order valence-electron chi connectivity index (χ4n) is 4.77. The van der Waals surface area contributed by atoms with Gasteiger partial charge in [0.1, 0.15) is 6.61 Å². The van der Waals surface area contributed by atoms with E-state index in [1.54, 1.807) is 13.3 Å². The number of nitrogens with one attached hydrogen (secondary N) is 1. The van der Waals surface area contributed by atoms with Gasteiger partial charge in [0.25, 0.3) is 0 Å². The van der Waals surface area contributed by atoms with Crippen molar-refractivity contribution in [2.24, 2.45) is 22.4 Å². The van der Waals surface area contributed by atoms with E-state index in [1.807, 2.05) is 42.5 Å². The molecule has 2 aromatic carbocycles. The molecule has 158 valence electrons. The smallest absolute Gasteiger partial charge is 0.244 e. The summed E-state index contributed by atoms with van der Waals surface area (Å²) in [7, 11) is 1.62. The van der Waals surface area contributed by atoms with E-state index in [4.69, 9.17) is 9.47 Å². The molecule has 0 heterocycles. The van der Waals surface area contributed by atoms with Crippen LogP contribution in [0.1, 0.15) is 43.7 Å². The number of benzene rings is 2. The molecule has 0 aromatic heterocycles. The van der Waals surface area contributed by atoms with Gasteiger partial charge in [0.15, 0.2) is 11.5 Å². The van der Waals surface area contributed by atoms with Crippen LogP contribution in [0.3, 0.4) is 0 Å². The quantitative estimate of drug-likeness (QED) is 0.313. The van der Waals surface area contributed by atoms with E-state index in [0.29, 0.717) is 24.0 Å². The van der Waals surface area contributed by atoms with Gasteiger partial charge in [0.05, 0.1) is 16.9 Å². The molecule has 1 N–H and O–H groups in total. The Labute approximate surface area is 191 Å². The Morgan fingerprint density at radius 1 is 1.30 bits per heavy atom. The van der Waals surface area contributed by atoms with Gasteiger partial charge in [-0.1, -0.05) is 50.1 Å². The van der Waals surface area contributed by atoms with Crippen molar-refractivity contribution in [1.82, 2.24) is 5.43 Å². The summed E-state index contributed by atoms with van der Waals surface area (Å²) in [6.45, 7) is 2.71. The molecule has 0 unspecified atom stereocenters. The van der Waals surface area contributed by atoms with Crippen molar-refractivity contribution in [3.05, 3.63) is 57.2 Å². The van der Waals surface area contributed by atoms with Crippen molar-refractivity contribution in [2.75, 3.05) is 7.11 Å². The van der Waals surface area contributed by atoms with Crippen molar-refractivity contribution < 1.29 is 14.3 Å². The van der Waals surface area contributed by atoms with Gasteiger partial charge in [-0.2, -0.15) is 5.10 Å². The predicted molar refractivity (Wildman–Crippen MR) is 126 cm³/mol. The molecule has 30 heavy (non-hydrogen) atoms. The lowest BCUT2D eigenvalue weighted by Crippen LogP contribution is -2.22. The maximum atomic E-state index is 12.6. The van der Waals surface area contributed by atoms with Crippen LogP contribution in [0.4, 0.5) is 0 Å². The Kier molecular flexibility index (Phi) is 6.32. The Balaban J connectivity index is 1.39. The zero-order valence-corrected chi connectivity index (χ0v) is 19.5. The van der Waals surface area contributed by atoms with E-state index >= 15 is 0 Å². The van der Waals surface area contributed by atoms with Gasteiger partial charge in [-0.15, -0.1) is 0 Å². The van der Waals surface area contributed by atoms with Crippen molar-refractivity contribution in [2.45, 2.75) is 39.2 Å². The second-order valence-corrected chi connectivity index (χ2v) is 9.54. The highest BCUT2D eigenvalue weighted by atomic mass is 127. The molecular formula is C24H27IN2O3. The number of halogens is 1. The SMILES string of the molecule is COc1cc(/C=N\NC(=O)[C@@H]2[C@H]3CCCC[C@@]32C)cc(I)c1OCc1ccccc1. The molecule has 3 atom stereocenters. The molecule has 0 aliphatic heterocycles. The molecule has 2 saturated carbocycles. The standard InChI is InChI=1S/C24H27IN2O3/c1-24-11-7-6-10-18(24)21(24)23(28)27-26-14-17-12-19(25)22(20(13-17)29-2)30-15-16-8-4-3-5-9-16/h3-5,8-9,12-14,18,21H,6-7,10-11,15H2,1-2H3,(H,27,28)/b26-14-/t18-,21+,24+/m1/s1. The predicted octanol–water partition coefficient (Wildman–Crippen LogP) is 5.16. The Morgan fingerprint density at radius 3 is 2.80 bits per heavy atom. The van der Waals surface area contributed by atoms with Crippen LogP contribution >= 0.6 is 22.6 Å². The van der Waals surface area contributed by atoms with E-state index in [1.165, 1.54) is 12.8 Å². The lowest BCUT2D eigenvalue weighted by atomic mass is 9.90. The summed E-state index contributed by atoms with van der Waals surface area (Å²) in [5.41, 5.74) is 4.88. The third kappa shape index (κ3) is 4.33. The monoisotopic (exact) mass is 518 g/mol. The highest BCUT2D eigenvalue weighted by Crippen LogP contribution is 2.66. The van der Waals surface area contributed by atoms with Gasteiger partial charge in [0.2, 0.25) is 5.91 Å². The number of hydrazone groups is 1. The molecule has 2 aromatic rings. The molecule has 6 heteroatoms. The van der Waals surface area contributed by atoms with Crippen molar-refractivity contribution >= 4 is 34.7 Å². The van der Waals surface area contributed by atoms with E-state index in [9.17, 15) is 4.79 Å². The number of rotatable bonds is 7. The van der Waals surface area contributed by atoms with Gasteiger partial charge in [-0.25, -0.2) is 5.43 Å². The summed E-state index contributed by atoms with van der Waals surface area (Å²) >= 11 is 2.23. The molecule has 0 spiro atoms. The number of nitrogens with zero attached hydrogens (tertiary/aromatic N) is 1. The van der Waals surface area contributed by atoms with E-state index < -0.39 is 0 Å². The van der Waals surface area contributed by atoms with Crippen molar-refractivity contribution in [1.29, 1.82) is 0 Å². The van der Waals surface area contributed by atoms with Crippen LogP contribution in [0, 0.1) is 20.8 Å². The zero-order chi connectivity index (χ0) is 21.1. The number of carbonyl (C=O) groups excluding carboxylic acids is 1.